The van der Waals surface area contributed by atoms with Crippen molar-refractivity contribution in [3.05, 3.63) is 0 Å². The van der Waals surface area contributed by atoms with Crippen LogP contribution in [0.2, 0.25) is 0 Å². The standard InChI is InChI=1S/C9H16O4S/c1-6(2)9-8(13-7(3)10)4-5-14(9,11)12/h6,8-9H,4-5H2,1-3H3/t8-,9-/m0/s1. The monoisotopic (exact) mass is 220 g/mol. The topological polar surface area (TPSA) is 60.4 Å². The van der Waals surface area contributed by atoms with E-state index in [0.29, 0.717) is 6.42 Å². The highest BCUT2D eigenvalue weighted by Gasteiger charge is 2.43. The molecule has 0 amide bonds. The molecule has 1 aliphatic heterocycles. The van der Waals surface area contributed by atoms with E-state index < -0.39 is 27.2 Å². The fourth-order valence-electron chi connectivity index (χ4n) is 2.00. The zero-order chi connectivity index (χ0) is 10.9. The van der Waals surface area contributed by atoms with Crippen molar-refractivity contribution >= 4 is 15.8 Å². The molecule has 0 aliphatic carbocycles. The van der Waals surface area contributed by atoms with Crippen LogP contribution in [-0.2, 0) is 19.4 Å². The van der Waals surface area contributed by atoms with Crippen LogP contribution in [-0.4, -0.2) is 31.5 Å². The van der Waals surface area contributed by atoms with Gasteiger partial charge in [-0.1, -0.05) is 13.8 Å². The molecule has 1 saturated heterocycles. The number of carbonyl (C=O) groups is 1. The van der Waals surface area contributed by atoms with Crippen molar-refractivity contribution in [2.24, 2.45) is 5.92 Å². The van der Waals surface area contributed by atoms with Crippen LogP contribution in [0.15, 0.2) is 0 Å². The van der Waals surface area contributed by atoms with Crippen LogP contribution >= 0.6 is 0 Å². The van der Waals surface area contributed by atoms with Crippen LogP contribution in [0.4, 0.5) is 0 Å². The van der Waals surface area contributed by atoms with Gasteiger partial charge in [-0.05, 0) is 12.3 Å². The normalized spacial score (nSPS) is 30.6. The lowest BCUT2D eigenvalue weighted by Crippen LogP contribution is -2.34. The molecule has 0 spiro atoms. The minimum absolute atomic E-state index is 0.00755. The van der Waals surface area contributed by atoms with Crippen LogP contribution in [0.1, 0.15) is 27.2 Å². The van der Waals surface area contributed by atoms with E-state index in [1.165, 1.54) is 6.92 Å². The van der Waals surface area contributed by atoms with Crippen molar-refractivity contribution < 1.29 is 17.9 Å². The van der Waals surface area contributed by atoms with Gasteiger partial charge in [0.15, 0.2) is 9.84 Å². The van der Waals surface area contributed by atoms with Gasteiger partial charge in [-0.2, -0.15) is 0 Å². The lowest BCUT2D eigenvalue weighted by molar-refractivity contribution is -0.146. The highest BCUT2D eigenvalue weighted by Crippen LogP contribution is 2.29. The quantitative estimate of drug-likeness (QED) is 0.645. The summed E-state index contributed by atoms with van der Waals surface area (Å²) in [6.07, 6.45) is -0.0115. The van der Waals surface area contributed by atoms with Crippen molar-refractivity contribution in [2.45, 2.75) is 38.5 Å². The Kier molecular flexibility index (Phi) is 3.19. The van der Waals surface area contributed by atoms with Crippen LogP contribution in [0, 0.1) is 5.92 Å². The molecular formula is C9H16O4S. The van der Waals surface area contributed by atoms with Crippen molar-refractivity contribution in [3.8, 4) is 0 Å². The van der Waals surface area contributed by atoms with Gasteiger partial charge >= 0.3 is 5.97 Å². The lowest BCUT2D eigenvalue weighted by atomic mass is 10.0. The number of carbonyl (C=O) groups excluding carboxylic acids is 1. The van der Waals surface area contributed by atoms with Gasteiger partial charge in [-0.25, -0.2) is 8.42 Å². The van der Waals surface area contributed by atoms with E-state index in [-0.39, 0.29) is 11.7 Å². The molecule has 0 radical (unpaired) electrons. The number of rotatable bonds is 2. The van der Waals surface area contributed by atoms with Gasteiger partial charge in [0, 0.05) is 6.92 Å². The molecule has 0 N–H and O–H groups in total. The Morgan fingerprint density at radius 3 is 2.43 bits per heavy atom. The van der Waals surface area contributed by atoms with Gasteiger partial charge in [0.05, 0.1) is 5.75 Å². The number of sulfone groups is 1. The summed E-state index contributed by atoms with van der Waals surface area (Å²) in [6, 6.07) is 0. The molecule has 0 aromatic carbocycles. The average molecular weight is 220 g/mol. The number of hydrogen-bond acceptors (Lipinski definition) is 4. The molecule has 1 heterocycles. The maximum atomic E-state index is 11.6. The third-order valence-corrected chi connectivity index (χ3v) is 4.92. The van der Waals surface area contributed by atoms with Gasteiger partial charge in [0.2, 0.25) is 0 Å². The summed E-state index contributed by atoms with van der Waals surface area (Å²) in [5.74, 6) is -0.280. The molecule has 0 aromatic heterocycles. The summed E-state index contributed by atoms with van der Waals surface area (Å²) in [5.41, 5.74) is 0. The summed E-state index contributed by atoms with van der Waals surface area (Å²) < 4.78 is 28.2. The predicted octanol–water partition coefficient (Wildman–Crippen LogP) is 0.761. The fraction of sp³-hybridized carbons (Fsp3) is 0.889. The summed E-state index contributed by atoms with van der Waals surface area (Å²) >= 11 is 0. The summed E-state index contributed by atoms with van der Waals surface area (Å²) in [7, 11) is -3.06. The van der Waals surface area contributed by atoms with Crippen molar-refractivity contribution in [3.63, 3.8) is 0 Å². The fourth-order valence-corrected chi connectivity index (χ4v) is 4.31. The SMILES string of the molecule is CC(=O)O[C@H]1CCS(=O)(=O)[C@H]1C(C)C. The molecule has 0 unspecified atom stereocenters. The maximum Gasteiger partial charge on any atom is 0.302 e. The lowest BCUT2D eigenvalue weighted by Gasteiger charge is -2.21. The Morgan fingerprint density at radius 2 is 2.00 bits per heavy atom. The number of ether oxygens (including phenoxy) is 1. The molecule has 1 rings (SSSR count). The van der Waals surface area contributed by atoms with E-state index >= 15 is 0 Å². The second-order valence-electron chi connectivity index (χ2n) is 4.01. The molecule has 0 bridgehead atoms. The summed E-state index contributed by atoms with van der Waals surface area (Å²) in [5, 5.41) is -0.522. The molecule has 2 atom stereocenters. The highest BCUT2D eigenvalue weighted by atomic mass is 32.2. The van der Waals surface area contributed by atoms with Gasteiger partial charge in [-0.3, -0.25) is 4.79 Å². The van der Waals surface area contributed by atoms with E-state index in [0.717, 1.165) is 0 Å². The van der Waals surface area contributed by atoms with Crippen molar-refractivity contribution in [2.75, 3.05) is 5.75 Å². The first-order valence-electron chi connectivity index (χ1n) is 4.73. The largest absolute Gasteiger partial charge is 0.461 e. The van der Waals surface area contributed by atoms with Crippen LogP contribution < -0.4 is 0 Å². The minimum Gasteiger partial charge on any atom is -0.461 e. The Hall–Kier alpha value is -0.580. The molecule has 0 saturated carbocycles. The smallest absolute Gasteiger partial charge is 0.302 e. The van der Waals surface area contributed by atoms with Gasteiger partial charge in [0.25, 0.3) is 0 Å². The third-order valence-electron chi connectivity index (χ3n) is 2.44. The van der Waals surface area contributed by atoms with Crippen molar-refractivity contribution in [1.82, 2.24) is 0 Å². The van der Waals surface area contributed by atoms with E-state index in [1.807, 2.05) is 13.8 Å². The summed E-state index contributed by atoms with van der Waals surface area (Å²) in [4.78, 5) is 10.8. The van der Waals surface area contributed by atoms with E-state index in [4.69, 9.17) is 4.74 Å². The molecule has 0 aromatic rings. The Morgan fingerprint density at radius 1 is 1.43 bits per heavy atom. The third kappa shape index (κ3) is 2.26. The summed E-state index contributed by atoms with van der Waals surface area (Å²) in [6.45, 7) is 4.98. The highest BCUT2D eigenvalue weighted by molar-refractivity contribution is 7.92. The van der Waals surface area contributed by atoms with Gasteiger partial charge in [-0.15, -0.1) is 0 Å². The second kappa shape index (κ2) is 3.88. The predicted molar refractivity (Wildman–Crippen MR) is 52.6 cm³/mol. The van der Waals surface area contributed by atoms with Gasteiger partial charge in [0.1, 0.15) is 11.4 Å². The molecule has 1 aliphatic rings. The van der Waals surface area contributed by atoms with Gasteiger partial charge < -0.3 is 4.74 Å². The molecule has 4 nitrogen and oxygen atoms in total. The molecule has 82 valence electrons. The van der Waals surface area contributed by atoms with E-state index in [1.54, 1.807) is 0 Å². The Labute approximate surface area is 84.6 Å². The first kappa shape index (κ1) is 11.5. The zero-order valence-electron chi connectivity index (χ0n) is 8.69. The average Bonchev–Trinajstić information content (AvgIpc) is 2.24. The number of esters is 1. The Balaban J connectivity index is 2.85. The Bertz CT molecular complexity index is 318. The maximum absolute atomic E-state index is 11.6. The first-order valence-corrected chi connectivity index (χ1v) is 6.45. The molecule has 1 fully saturated rings. The van der Waals surface area contributed by atoms with Crippen LogP contribution in [0.5, 0.6) is 0 Å². The zero-order valence-corrected chi connectivity index (χ0v) is 9.50. The van der Waals surface area contributed by atoms with Crippen LogP contribution in [0.25, 0.3) is 0 Å². The van der Waals surface area contributed by atoms with E-state index in [9.17, 15) is 13.2 Å². The minimum atomic E-state index is -3.06. The molecule has 14 heavy (non-hydrogen) atoms. The molecule has 5 heteroatoms. The second-order valence-corrected chi connectivity index (χ2v) is 6.29. The van der Waals surface area contributed by atoms with Crippen molar-refractivity contribution in [1.29, 1.82) is 0 Å². The van der Waals surface area contributed by atoms with E-state index in [2.05, 4.69) is 0 Å². The van der Waals surface area contributed by atoms with Crippen LogP contribution in [0.3, 0.4) is 0 Å². The number of hydrogen-bond donors (Lipinski definition) is 0. The first-order chi connectivity index (χ1) is 6.34. The molecular weight excluding hydrogens is 204 g/mol.